The van der Waals surface area contributed by atoms with Crippen LogP contribution in [0.1, 0.15) is 18.5 Å². The Bertz CT molecular complexity index is 769. The first kappa shape index (κ1) is 13.4. The minimum atomic E-state index is -0.284. The average molecular weight is 285 g/mol. The van der Waals surface area contributed by atoms with E-state index in [1.54, 1.807) is 18.3 Å². The van der Waals surface area contributed by atoms with E-state index in [4.69, 9.17) is 4.74 Å². The molecule has 0 saturated heterocycles. The van der Waals surface area contributed by atoms with E-state index in [2.05, 4.69) is 15.5 Å². The number of aromatic amines is 1. The fourth-order valence-electron chi connectivity index (χ4n) is 2.39. The molecule has 3 aromatic rings. The van der Waals surface area contributed by atoms with Gasteiger partial charge in [-0.2, -0.15) is 5.10 Å². The van der Waals surface area contributed by atoms with Crippen molar-refractivity contribution in [3.8, 4) is 5.75 Å². The van der Waals surface area contributed by atoms with Crippen LogP contribution in [0.5, 0.6) is 5.75 Å². The van der Waals surface area contributed by atoms with Crippen molar-refractivity contribution in [3.63, 3.8) is 0 Å². The van der Waals surface area contributed by atoms with Crippen molar-refractivity contribution >= 4 is 16.6 Å². The summed E-state index contributed by atoms with van der Waals surface area (Å²) in [5.41, 5.74) is 2.46. The maximum atomic E-state index is 14.1. The fourth-order valence-corrected chi connectivity index (χ4v) is 2.39. The van der Waals surface area contributed by atoms with Crippen molar-refractivity contribution in [1.82, 2.24) is 10.2 Å². The van der Waals surface area contributed by atoms with Gasteiger partial charge in [0.25, 0.3) is 0 Å². The number of ether oxygens (including phenoxy) is 1. The zero-order valence-corrected chi connectivity index (χ0v) is 11.9. The molecule has 1 atom stereocenters. The number of nitrogens with one attached hydrogen (secondary N) is 2. The third kappa shape index (κ3) is 2.54. The van der Waals surface area contributed by atoms with E-state index in [-0.39, 0.29) is 11.9 Å². The third-order valence-electron chi connectivity index (χ3n) is 3.53. The largest absolute Gasteiger partial charge is 0.497 e. The molecule has 0 spiro atoms. The summed E-state index contributed by atoms with van der Waals surface area (Å²) in [5, 5.41) is 11.3. The summed E-state index contributed by atoms with van der Waals surface area (Å²) in [7, 11) is 1.52. The molecule has 0 bridgehead atoms. The summed E-state index contributed by atoms with van der Waals surface area (Å²) >= 11 is 0. The van der Waals surface area contributed by atoms with Crippen LogP contribution in [0.25, 0.3) is 10.9 Å². The molecule has 5 heteroatoms. The molecule has 1 aromatic heterocycles. The Morgan fingerprint density at radius 1 is 1.29 bits per heavy atom. The molecule has 0 aliphatic heterocycles. The van der Waals surface area contributed by atoms with Crippen molar-refractivity contribution in [2.24, 2.45) is 0 Å². The van der Waals surface area contributed by atoms with E-state index < -0.39 is 0 Å². The van der Waals surface area contributed by atoms with Gasteiger partial charge in [0.2, 0.25) is 0 Å². The molecule has 0 aliphatic carbocycles. The van der Waals surface area contributed by atoms with Crippen LogP contribution in [0.3, 0.4) is 0 Å². The quantitative estimate of drug-likeness (QED) is 0.764. The van der Waals surface area contributed by atoms with Gasteiger partial charge in [-0.1, -0.05) is 12.1 Å². The number of rotatable bonds is 4. The second-order valence-electron chi connectivity index (χ2n) is 4.89. The Hall–Kier alpha value is -2.56. The number of H-pyrrole nitrogens is 1. The number of fused-ring (bicyclic) bond motifs is 1. The SMILES string of the molecule is COc1ccc(C(C)Nc2cccc3[nH]ncc23)c(F)c1. The highest BCUT2D eigenvalue weighted by atomic mass is 19.1. The Balaban J connectivity index is 1.89. The first-order valence-electron chi connectivity index (χ1n) is 6.71. The fraction of sp³-hybridized carbons (Fsp3) is 0.188. The molecule has 0 fully saturated rings. The predicted molar refractivity (Wildman–Crippen MR) is 81.1 cm³/mol. The van der Waals surface area contributed by atoms with Gasteiger partial charge in [0.05, 0.1) is 24.9 Å². The molecule has 0 radical (unpaired) electrons. The van der Waals surface area contributed by atoms with Crippen LogP contribution in [0.15, 0.2) is 42.6 Å². The highest BCUT2D eigenvalue weighted by molar-refractivity contribution is 5.90. The van der Waals surface area contributed by atoms with E-state index in [1.807, 2.05) is 25.1 Å². The topological polar surface area (TPSA) is 49.9 Å². The van der Waals surface area contributed by atoms with Gasteiger partial charge in [-0.05, 0) is 25.1 Å². The molecule has 1 unspecified atom stereocenters. The van der Waals surface area contributed by atoms with Crippen LogP contribution >= 0.6 is 0 Å². The number of methoxy groups -OCH3 is 1. The molecule has 108 valence electrons. The Morgan fingerprint density at radius 3 is 2.90 bits per heavy atom. The number of anilines is 1. The van der Waals surface area contributed by atoms with Gasteiger partial charge >= 0.3 is 0 Å². The highest BCUT2D eigenvalue weighted by Gasteiger charge is 2.13. The molecule has 0 amide bonds. The lowest BCUT2D eigenvalue weighted by Crippen LogP contribution is -2.09. The van der Waals surface area contributed by atoms with Crippen LogP contribution in [0.2, 0.25) is 0 Å². The van der Waals surface area contributed by atoms with Crippen molar-refractivity contribution in [3.05, 3.63) is 54.0 Å². The lowest BCUT2D eigenvalue weighted by molar-refractivity contribution is 0.410. The summed E-state index contributed by atoms with van der Waals surface area (Å²) in [5.74, 6) is 0.231. The molecular formula is C16H16FN3O. The van der Waals surface area contributed by atoms with Gasteiger partial charge in [-0.15, -0.1) is 0 Å². The van der Waals surface area contributed by atoms with E-state index >= 15 is 0 Å². The number of nitrogens with zero attached hydrogens (tertiary/aromatic N) is 1. The van der Waals surface area contributed by atoms with Gasteiger partial charge in [0.15, 0.2) is 0 Å². The molecule has 2 N–H and O–H groups in total. The molecule has 1 heterocycles. The number of hydrogen-bond donors (Lipinski definition) is 2. The third-order valence-corrected chi connectivity index (χ3v) is 3.53. The molecular weight excluding hydrogens is 269 g/mol. The smallest absolute Gasteiger partial charge is 0.132 e. The van der Waals surface area contributed by atoms with Gasteiger partial charge < -0.3 is 10.1 Å². The molecule has 0 saturated carbocycles. The van der Waals surface area contributed by atoms with Crippen molar-refractivity contribution in [2.45, 2.75) is 13.0 Å². The molecule has 4 nitrogen and oxygen atoms in total. The van der Waals surface area contributed by atoms with E-state index in [9.17, 15) is 4.39 Å². The van der Waals surface area contributed by atoms with E-state index in [0.29, 0.717) is 11.3 Å². The Morgan fingerprint density at radius 2 is 2.14 bits per heavy atom. The highest BCUT2D eigenvalue weighted by Crippen LogP contribution is 2.28. The lowest BCUT2D eigenvalue weighted by Gasteiger charge is -2.17. The number of halogens is 1. The van der Waals surface area contributed by atoms with Crippen molar-refractivity contribution < 1.29 is 9.13 Å². The number of hydrogen-bond acceptors (Lipinski definition) is 3. The van der Waals surface area contributed by atoms with E-state index in [1.165, 1.54) is 13.2 Å². The van der Waals surface area contributed by atoms with Crippen LogP contribution in [-0.4, -0.2) is 17.3 Å². The monoisotopic (exact) mass is 285 g/mol. The predicted octanol–water partition coefficient (Wildman–Crippen LogP) is 3.88. The summed E-state index contributed by atoms with van der Waals surface area (Å²) < 4.78 is 19.1. The minimum Gasteiger partial charge on any atom is -0.497 e. The van der Waals surface area contributed by atoms with E-state index in [0.717, 1.165) is 16.6 Å². The second kappa shape index (κ2) is 5.44. The van der Waals surface area contributed by atoms with Crippen molar-refractivity contribution in [2.75, 3.05) is 12.4 Å². The molecule has 2 aromatic carbocycles. The summed E-state index contributed by atoms with van der Waals surface area (Å²) in [6, 6.07) is 10.6. The average Bonchev–Trinajstić information content (AvgIpc) is 2.96. The van der Waals surface area contributed by atoms with Crippen LogP contribution in [0.4, 0.5) is 10.1 Å². The zero-order chi connectivity index (χ0) is 14.8. The first-order valence-corrected chi connectivity index (χ1v) is 6.71. The first-order chi connectivity index (χ1) is 10.2. The standard InChI is InChI=1S/C16H16FN3O/c1-10(12-7-6-11(21-2)8-14(12)17)19-15-4-3-5-16-13(15)9-18-20-16/h3-10,19H,1-2H3,(H,18,20). The Labute approximate surface area is 121 Å². The summed E-state index contributed by atoms with van der Waals surface area (Å²) in [4.78, 5) is 0. The minimum absolute atomic E-state index is 0.170. The molecule has 0 aliphatic rings. The summed E-state index contributed by atoms with van der Waals surface area (Å²) in [6.07, 6.45) is 1.76. The van der Waals surface area contributed by atoms with Gasteiger partial charge in [0, 0.05) is 22.7 Å². The maximum absolute atomic E-state index is 14.1. The van der Waals surface area contributed by atoms with Gasteiger partial charge in [0.1, 0.15) is 11.6 Å². The van der Waals surface area contributed by atoms with Crippen molar-refractivity contribution in [1.29, 1.82) is 0 Å². The van der Waals surface area contributed by atoms with Gasteiger partial charge in [-0.25, -0.2) is 4.39 Å². The normalized spacial score (nSPS) is 12.3. The van der Waals surface area contributed by atoms with Gasteiger partial charge in [-0.3, -0.25) is 5.10 Å². The molecule has 3 rings (SSSR count). The molecule has 21 heavy (non-hydrogen) atoms. The summed E-state index contributed by atoms with van der Waals surface area (Å²) in [6.45, 7) is 1.92. The maximum Gasteiger partial charge on any atom is 0.132 e. The number of benzene rings is 2. The van der Waals surface area contributed by atoms with Crippen LogP contribution in [-0.2, 0) is 0 Å². The second-order valence-corrected chi connectivity index (χ2v) is 4.89. The zero-order valence-electron chi connectivity index (χ0n) is 11.9. The van der Waals surface area contributed by atoms with Crippen LogP contribution < -0.4 is 10.1 Å². The Kier molecular flexibility index (Phi) is 3.48. The number of aromatic nitrogens is 2. The van der Waals surface area contributed by atoms with Crippen LogP contribution in [0, 0.1) is 5.82 Å². The lowest BCUT2D eigenvalue weighted by atomic mass is 10.1.